The van der Waals surface area contributed by atoms with Crippen molar-refractivity contribution in [3.8, 4) is 11.8 Å². The van der Waals surface area contributed by atoms with E-state index in [1.165, 1.54) is 11.3 Å². The summed E-state index contributed by atoms with van der Waals surface area (Å²) in [5.74, 6) is 5.19. The van der Waals surface area contributed by atoms with E-state index in [1.807, 2.05) is 43.3 Å². The van der Waals surface area contributed by atoms with E-state index in [9.17, 15) is 4.79 Å². The molecule has 0 spiro atoms. The Bertz CT molecular complexity index is 678. The number of benzene rings is 1. The quantitative estimate of drug-likeness (QED) is 0.856. The number of aliphatic hydroxyl groups excluding tert-OH is 1. The Morgan fingerprint density at radius 2 is 1.95 bits per heavy atom. The number of rotatable bonds is 3. The van der Waals surface area contributed by atoms with Crippen LogP contribution in [0.1, 0.15) is 14.5 Å². The van der Waals surface area contributed by atoms with E-state index in [0.29, 0.717) is 4.88 Å². The molecule has 2 rings (SSSR count). The normalized spacial score (nSPS) is 9.67. The van der Waals surface area contributed by atoms with Gasteiger partial charge in [0.05, 0.1) is 9.75 Å². The maximum atomic E-state index is 12.1. The maximum absolute atomic E-state index is 12.1. The van der Waals surface area contributed by atoms with Crippen molar-refractivity contribution in [2.24, 2.45) is 0 Å². The van der Waals surface area contributed by atoms with E-state index in [0.717, 1.165) is 16.3 Å². The molecular weight excluding hydrogens is 284 g/mol. The molecule has 0 radical (unpaired) electrons. The standard InChI is InChI=1S/C16H16N2O2S/c1-18(2)13-7-5-12(6-8-13)17-16(20)15-10-9-14(21-15)4-3-11-19/h5-10,19H,11H2,1-2H3,(H,17,20). The van der Waals surface area contributed by atoms with Crippen LogP contribution < -0.4 is 10.2 Å². The van der Waals surface area contributed by atoms with Gasteiger partial charge in [-0.3, -0.25) is 4.79 Å². The van der Waals surface area contributed by atoms with Gasteiger partial charge in [-0.25, -0.2) is 0 Å². The molecule has 108 valence electrons. The van der Waals surface area contributed by atoms with Gasteiger partial charge in [0.15, 0.2) is 0 Å². The van der Waals surface area contributed by atoms with Crippen LogP contribution in [0, 0.1) is 11.8 Å². The SMILES string of the molecule is CN(C)c1ccc(NC(=O)c2ccc(C#CCO)s2)cc1. The number of nitrogens with one attached hydrogen (secondary N) is 1. The molecule has 1 aromatic carbocycles. The molecule has 0 atom stereocenters. The average Bonchev–Trinajstić information content (AvgIpc) is 2.94. The number of carbonyl (C=O) groups is 1. The molecule has 5 heteroatoms. The fourth-order valence-corrected chi connectivity index (χ4v) is 2.47. The first kappa shape index (κ1) is 15.1. The number of nitrogens with zero attached hydrogens (tertiary/aromatic N) is 1. The van der Waals surface area contributed by atoms with Gasteiger partial charge < -0.3 is 15.3 Å². The number of anilines is 2. The van der Waals surface area contributed by atoms with Crippen molar-refractivity contribution in [2.45, 2.75) is 0 Å². The van der Waals surface area contributed by atoms with Gasteiger partial charge in [-0.15, -0.1) is 11.3 Å². The number of carbonyl (C=O) groups excluding carboxylic acids is 1. The zero-order valence-corrected chi connectivity index (χ0v) is 12.7. The van der Waals surface area contributed by atoms with Crippen LogP contribution in [-0.2, 0) is 0 Å². The van der Waals surface area contributed by atoms with E-state index in [1.54, 1.807) is 12.1 Å². The van der Waals surface area contributed by atoms with Crippen LogP contribution in [0.3, 0.4) is 0 Å². The van der Waals surface area contributed by atoms with E-state index >= 15 is 0 Å². The van der Waals surface area contributed by atoms with Crippen LogP contribution >= 0.6 is 11.3 Å². The Morgan fingerprint density at radius 3 is 2.57 bits per heavy atom. The van der Waals surface area contributed by atoms with E-state index in [2.05, 4.69) is 17.2 Å². The van der Waals surface area contributed by atoms with Crippen LogP contribution in [0.15, 0.2) is 36.4 Å². The fraction of sp³-hybridized carbons (Fsp3) is 0.188. The van der Waals surface area contributed by atoms with Crippen LogP contribution in [-0.4, -0.2) is 31.7 Å². The highest BCUT2D eigenvalue weighted by Gasteiger charge is 2.09. The predicted molar refractivity (Wildman–Crippen MR) is 87.0 cm³/mol. The predicted octanol–water partition coefficient (Wildman–Crippen LogP) is 2.41. The van der Waals surface area contributed by atoms with Crippen molar-refractivity contribution in [1.29, 1.82) is 0 Å². The zero-order chi connectivity index (χ0) is 15.2. The summed E-state index contributed by atoms with van der Waals surface area (Å²) in [5, 5.41) is 11.5. The van der Waals surface area contributed by atoms with Gasteiger partial charge in [-0.2, -0.15) is 0 Å². The Morgan fingerprint density at radius 1 is 1.24 bits per heavy atom. The molecule has 0 bridgehead atoms. The Labute approximate surface area is 128 Å². The molecule has 0 saturated heterocycles. The Hall–Kier alpha value is -2.29. The van der Waals surface area contributed by atoms with Gasteiger partial charge in [0, 0.05) is 25.5 Å². The van der Waals surface area contributed by atoms with Gasteiger partial charge in [0.2, 0.25) is 0 Å². The van der Waals surface area contributed by atoms with Gasteiger partial charge in [0.25, 0.3) is 5.91 Å². The number of thiophene rings is 1. The second-order valence-electron chi connectivity index (χ2n) is 4.52. The minimum absolute atomic E-state index is 0.158. The smallest absolute Gasteiger partial charge is 0.265 e. The molecule has 0 aliphatic carbocycles. The Balaban J connectivity index is 2.05. The summed E-state index contributed by atoms with van der Waals surface area (Å²) in [6.07, 6.45) is 0. The molecule has 4 nitrogen and oxygen atoms in total. The summed E-state index contributed by atoms with van der Waals surface area (Å²) in [4.78, 5) is 15.5. The van der Waals surface area contributed by atoms with Gasteiger partial charge >= 0.3 is 0 Å². The first-order valence-corrected chi connectivity index (χ1v) is 7.20. The first-order chi connectivity index (χ1) is 10.1. The van der Waals surface area contributed by atoms with Crippen LogP contribution in [0.2, 0.25) is 0 Å². The molecule has 2 N–H and O–H groups in total. The van der Waals surface area contributed by atoms with Gasteiger partial charge in [-0.1, -0.05) is 11.8 Å². The third-order valence-corrected chi connectivity index (χ3v) is 3.76. The lowest BCUT2D eigenvalue weighted by Crippen LogP contribution is -2.11. The van der Waals surface area contributed by atoms with Crippen molar-refractivity contribution in [1.82, 2.24) is 0 Å². The largest absolute Gasteiger partial charge is 0.384 e. The molecule has 21 heavy (non-hydrogen) atoms. The molecule has 0 fully saturated rings. The molecule has 0 saturated carbocycles. The van der Waals surface area contributed by atoms with Crippen LogP contribution in [0.25, 0.3) is 0 Å². The van der Waals surface area contributed by atoms with Crippen molar-refractivity contribution < 1.29 is 9.90 Å². The number of hydrogen-bond donors (Lipinski definition) is 2. The third kappa shape index (κ3) is 4.09. The number of hydrogen-bond acceptors (Lipinski definition) is 4. The Kier molecular flexibility index (Phi) is 4.99. The highest BCUT2D eigenvalue weighted by Crippen LogP contribution is 2.19. The maximum Gasteiger partial charge on any atom is 0.265 e. The molecule has 1 heterocycles. The third-order valence-electron chi connectivity index (χ3n) is 2.76. The van der Waals surface area contributed by atoms with Crippen LogP contribution in [0.4, 0.5) is 11.4 Å². The van der Waals surface area contributed by atoms with E-state index in [-0.39, 0.29) is 12.5 Å². The zero-order valence-electron chi connectivity index (χ0n) is 11.9. The minimum Gasteiger partial charge on any atom is -0.384 e. The summed E-state index contributed by atoms with van der Waals surface area (Å²) in [5.41, 5.74) is 1.83. The van der Waals surface area contributed by atoms with Crippen molar-refractivity contribution >= 4 is 28.6 Å². The molecule has 1 aromatic heterocycles. The topological polar surface area (TPSA) is 52.6 Å². The first-order valence-electron chi connectivity index (χ1n) is 6.38. The van der Waals surface area contributed by atoms with Gasteiger partial charge in [-0.05, 0) is 36.4 Å². The van der Waals surface area contributed by atoms with E-state index in [4.69, 9.17) is 5.11 Å². The molecule has 0 unspecified atom stereocenters. The van der Waals surface area contributed by atoms with E-state index < -0.39 is 0 Å². The number of aliphatic hydroxyl groups is 1. The fourth-order valence-electron chi connectivity index (χ4n) is 1.69. The summed E-state index contributed by atoms with van der Waals surface area (Å²) < 4.78 is 0. The number of amides is 1. The lowest BCUT2D eigenvalue weighted by molar-refractivity contribution is 0.103. The second kappa shape index (κ2) is 6.93. The summed E-state index contributed by atoms with van der Waals surface area (Å²) >= 11 is 1.30. The molecule has 1 amide bonds. The summed E-state index contributed by atoms with van der Waals surface area (Å²) in [7, 11) is 3.93. The van der Waals surface area contributed by atoms with Gasteiger partial charge in [0.1, 0.15) is 6.61 Å². The lowest BCUT2D eigenvalue weighted by atomic mass is 10.2. The highest BCUT2D eigenvalue weighted by atomic mass is 32.1. The van der Waals surface area contributed by atoms with Crippen molar-refractivity contribution in [3.63, 3.8) is 0 Å². The monoisotopic (exact) mass is 300 g/mol. The van der Waals surface area contributed by atoms with Crippen molar-refractivity contribution in [3.05, 3.63) is 46.2 Å². The minimum atomic E-state index is -0.183. The lowest BCUT2D eigenvalue weighted by Gasteiger charge is -2.12. The molecule has 2 aromatic rings. The molecular formula is C16H16N2O2S. The van der Waals surface area contributed by atoms with Crippen LogP contribution in [0.5, 0.6) is 0 Å². The second-order valence-corrected chi connectivity index (χ2v) is 5.60. The molecule has 0 aliphatic rings. The summed E-state index contributed by atoms with van der Waals surface area (Å²) in [6.45, 7) is -0.183. The average molecular weight is 300 g/mol. The highest BCUT2D eigenvalue weighted by molar-refractivity contribution is 7.14. The van der Waals surface area contributed by atoms with Crippen molar-refractivity contribution in [2.75, 3.05) is 30.9 Å². The summed E-state index contributed by atoms with van der Waals surface area (Å²) in [6, 6.07) is 11.1. The molecule has 0 aliphatic heterocycles.